The van der Waals surface area contributed by atoms with Gasteiger partial charge in [0.1, 0.15) is 5.75 Å². The second-order valence-corrected chi connectivity index (χ2v) is 4.33. The van der Waals surface area contributed by atoms with Gasteiger partial charge < -0.3 is 4.74 Å². The first kappa shape index (κ1) is 11.2. The minimum absolute atomic E-state index is 0.267. The predicted octanol–water partition coefficient (Wildman–Crippen LogP) is 3.56. The second-order valence-electron chi connectivity index (χ2n) is 4.33. The van der Waals surface area contributed by atoms with Crippen LogP contribution in [0, 0.1) is 0 Å². The summed E-state index contributed by atoms with van der Waals surface area (Å²) in [5, 5.41) is 0. The molecule has 1 aromatic rings. The van der Waals surface area contributed by atoms with Gasteiger partial charge in [0.05, 0.1) is 6.61 Å². The Balaban J connectivity index is 2.25. The molecule has 0 radical (unpaired) electrons. The van der Waals surface area contributed by atoms with Crippen LogP contribution >= 0.6 is 0 Å². The van der Waals surface area contributed by atoms with Gasteiger partial charge in [0.2, 0.25) is 0 Å². The van der Waals surface area contributed by atoms with Crippen molar-refractivity contribution in [3.05, 3.63) is 29.3 Å². The van der Waals surface area contributed by atoms with Gasteiger partial charge in [-0.15, -0.1) is 0 Å². The Morgan fingerprint density at radius 2 is 2.19 bits per heavy atom. The largest absolute Gasteiger partial charge is 0.494 e. The van der Waals surface area contributed by atoms with Crippen molar-refractivity contribution < 1.29 is 9.53 Å². The first-order valence-corrected chi connectivity index (χ1v) is 6.06. The molecule has 1 aliphatic rings. The van der Waals surface area contributed by atoms with Crippen LogP contribution in [0.15, 0.2) is 18.2 Å². The van der Waals surface area contributed by atoms with E-state index in [9.17, 15) is 4.79 Å². The number of Topliss-reactive ketones (excluding diaryl/α,β-unsaturated/α-hetero) is 1. The van der Waals surface area contributed by atoms with Crippen molar-refractivity contribution in [1.82, 2.24) is 0 Å². The van der Waals surface area contributed by atoms with Crippen molar-refractivity contribution in [2.75, 3.05) is 6.61 Å². The molecule has 1 atom stereocenters. The second kappa shape index (κ2) is 4.69. The molecule has 0 saturated heterocycles. The minimum Gasteiger partial charge on any atom is -0.494 e. The molecule has 2 heteroatoms. The molecule has 0 N–H and O–H groups in total. The highest BCUT2D eigenvalue weighted by molar-refractivity contribution is 6.01. The zero-order chi connectivity index (χ0) is 11.5. The lowest BCUT2D eigenvalue weighted by atomic mass is 9.99. The maximum Gasteiger partial charge on any atom is 0.163 e. The van der Waals surface area contributed by atoms with Gasteiger partial charge in [-0.2, -0.15) is 0 Å². The van der Waals surface area contributed by atoms with E-state index in [-0.39, 0.29) is 5.78 Å². The van der Waals surface area contributed by atoms with Crippen LogP contribution in [0.25, 0.3) is 0 Å². The van der Waals surface area contributed by atoms with Gasteiger partial charge in [0.25, 0.3) is 0 Å². The van der Waals surface area contributed by atoms with E-state index >= 15 is 0 Å². The Kier molecular flexibility index (Phi) is 3.28. The van der Waals surface area contributed by atoms with E-state index in [2.05, 4.69) is 19.9 Å². The molecule has 0 aromatic heterocycles. The zero-order valence-corrected chi connectivity index (χ0v) is 9.95. The molecule has 0 amide bonds. The van der Waals surface area contributed by atoms with E-state index in [1.165, 1.54) is 5.56 Å². The lowest BCUT2D eigenvalue weighted by Gasteiger charge is -2.09. The number of hydrogen-bond acceptors (Lipinski definition) is 2. The average Bonchev–Trinajstić information content (AvgIpc) is 2.63. The highest BCUT2D eigenvalue weighted by Gasteiger charge is 2.28. The van der Waals surface area contributed by atoms with Gasteiger partial charge in [0, 0.05) is 12.0 Å². The van der Waals surface area contributed by atoms with E-state index in [1.807, 2.05) is 12.1 Å². The fourth-order valence-electron chi connectivity index (χ4n) is 2.25. The molecule has 16 heavy (non-hydrogen) atoms. The topological polar surface area (TPSA) is 26.3 Å². The van der Waals surface area contributed by atoms with Gasteiger partial charge >= 0.3 is 0 Å². The van der Waals surface area contributed by atoms with E-state index in [4.69, 9.17) is 4.74 Å². The summed E-state index contributed by atoms with van der Waals surface area (Å²) in [4.78, 5) is 11.8. The van der Waals surface area contributed by atoms with Crippen LogP contribution < -0.4 is 4.74 Å². The summed E-state index contributed by atoms with van der Waals surface area (Å²) in [5.74, 6) is 1.51. The summed E-state index contributed by atoms with van der Waals surface area (Å²) in [5.41, 5.74) is 2.08. The molecule has 0 bridgehead atoms. The molecule has 2 nitrogen and oxygen atoms in total. The molecule has 0 aliphatic heterocycles. The first-order chi connectivity index (χ1) is 7.76. The third-order valence-corrected chi connectivity index (χ3v) is 3.16. The quantitative estimate of drug-likeness (QED) is 0.772. The molecule has 0 spiro atoms. The molecule has 86 valence electrons. The Labute approximate surface area is 96.6 Å². The van der Waals surface area contributed by atoms with Crippen LogP contribution in [0.4, 0.5) is 0 Å². The van der Waals surface area contributed by atoms with Gasteiger partial charge in [-0.1, -0.05) is 19.9 Å². The maximum absolute atomic E-state index is 11.8. The van der Waals surface area contributed by atoms with E-state index < -0.39 is 0 Å². The van der Waals surface area contributed by atoms with Gasteiger partial charge in [-0.05, 0) is 36.5 Å². The number of carbonyl (C=O) groups excluding carboxylic acids is 1. The standard InChI is InChI=1S/C14H18O2/c1-3-7-16-11-5-6-12-10(4-2)8-14(15)13(12)9-11/h5-6,9-10H,3-4,7-8H2,1-2H3. The van der Waals surface area contributed by atoms with Crippen molar-refractivity contribution in [1.29, 1.82) is 0 Å². The smallest absolute Gasteiger partial charge is 0.163 e. The first-order valence-electron chi connectivity index (χ1n) is 6.06. The van der Waals surface area contributed by atoms with Crippen molar-refractivity contribution in [3.8, 4) is 5.75 Å². The lowest BCUT2D eigenvalue weighted by Crippen LogP contribution is -1.97. The highest BCUT2D eigenvalue weighted by Crippen LogP contribution is 2.36. The van der Waals surface area contributed by atoms with Crippen LogP contribution in [-0.2, 0) is 0 Å². The van der Waals surface area contributed by atoms with Crippen molar-refractivity contribution in [2.24, 2.45) is 0 Å². The molecule has 2 rings (SSSR count). The molecule has 1 aliphatic carbocycles. The fourth-order valence-corrected chi connectivity index (χ4v) is 2.25. The molecular formula is C14H18O2. The van der Waals surface area contributed by atoms with Crippen LogP contribution in [-0.4, -0.2) is 12.4 Å². The third kappa shape index (κ3) is 1.97. The van der Waals surface area contributed by atoms with E-state index in [1.54, 1.807) is 0 Å². The molecule has 0 saturated carbocycles. The Morgan fingerprint density at radius 3 is 2.88 bits per heavy atom. The highest BCUT2D eigenvalue weighted by atomic mass is 16.5. The number of benzene rings is 1. The Morgan fingerprint density at radius 1 is 1.38 bits per heavy atom. The van der Waals surface area contributed by atoms with E-state index in [0.717, 1.165) is 24.2 Å². The van der Waals surface area contributed by atoms with Crippen LogP contribution in [0.1, 0.15) is 54.9 Å². The molecule has 1 aromatic carbocycles. The number of carbonyl (C=O) groups is 1. The minimum atomic E-state index is 0.267. The average molecular weight is 218 g/mol. The summed E-state index contributed by atoms with van der Waals surface area (Å²) < 4.78 is 5.55. The number of fused-ring (bicyclic) bond motifs is 1. The number of ether oxygens (including phenoxy) is 1. The lowest BCUT2D eigenvalue weighted by molar-refractivity contribution is 0.0988. The summed E-state index contributed by atoms with van der Waals surface area (Å²) in [6, 6.07) is 5.94. The monoisotopic (exact) mass is 218 g/mol. The predicted molar refractivity (Wildman–Crippen MR) is 64.2 cm³/mol. The number of rotatable bonds is 4. The molecule has 0 heterocycles. The number of ketones is 1. The molecular weight excluding hydrogens is 200 g/mol. The fraction of sp³-hybridized carbons (Fsp3) is 0.500. The van der Waals surface area contributed by atoms with Crippen LogP contribution in [0.2, 0.25) is 0 Å². The van der Waals surface area contributed by atoms with Crippen molar-refractivity contribution in [2.45, 2.75) is 39.0 Å². The van der Waals surface area contributed by atoms with Gasteiger partial charge in [-0.3, -0.25) is 4.79 Å². The Bertz CT molecular complexity index is 396. The third-order valence-electron chi connectivity index (χ3n) is 3.16. The molecule has 0 fully saturated rings. The number of hydrogen-bond donors (Lipinski definition) is 0. The maximum atomic E-state index is 11.8. The zero-order valence-electron chi connectivity index (χ0n) is 9.95. The normalized spacial score (nSPS) is 18.6. The summed E-state index contributed by atoms with van der Waals surface area (Å²) >= 11 is 0. The van der Waals surface area contributed by atoms with Crippen molar-refractivity contribution in [3.63, 3.8) is 0 Å². The van der Waals surface area contributed by atoms with E-state index in [0.29, 0.717) is 18.9 Å². The Hall–Kier alpha value is -1.31. The van der Waals surface area contributed by atoms with Crippen LogP contribution in [0.5, 0.6) is 5.75 Å². The SMILES string of the molecule is CCCOc1ccc2c(c1)C(=O)CC2CC. The van der Waals surface area contributed by atoms with Crippen LogP contribution in [0.3, 0.4) is 0 Å². The van der Waals surface area contributed by atoms with Gasteiger partial charge in [0.15, 0.2) is 5.78 Å². The summed E-state index contributed by atoms with van der Waals surface area (Å²) in [7, 11) is 0. The summed E-state index contributed by atoms with van der Waals surface area (Å²) in [6.07, 6.45) is 2.69. The molecule has 1 unspecified atom stereocenters. The summed E-state index contributed by atoms with van der Waals surface area (Å²) in [6.45, 7) is 4.92. The van der Waals surface area contributed by atoms with Crippen molar-refractivity contribution >= 4 is 5.78 Å². The van der Waals surface area contributed by atoms with Gasteiger partial charge in [-0.25, -0.2) is 0 Å².